The van der Waals surface area contributed by atoms with E-state index in [1.54, 1.807) is 6.07 Å². The smallest absolute Gasteiger partial charge is 0.233 e. The minimum atomic E-state index is -0.457. The lowest BCUT2D eigenvalue weighted by Gasteiger charge is -2.26. The summed E-state index contributed by atoms with van der Waals surface area (Å²) in [6.45, 7) is 3.31. The molecule has 4 heteroatoms. The number of aromatic nitrogens is 1. The molecular formula is C21H21FN2O. The standard InChI is InChI=1S/C21H21FN2O/c1-2-24(14-15-6-4-3-5-7-15)20(25)21(10-11-21)18-13-23-19-12-16(22)8-9-17(18)19/h3-9,12-13,23H,2,10-11,14H2,1H3. The van der Waals surface area contributed by atoms with E-state index in [0.29, 0.717) is 13.1 Å². The van der Waals surface area contributed by atoms with Crippen molar-refractivity contribution in [2.45, 2.75) is 31.7 Å². The molecule has 3 nitrogen and oxygen atoms in total. The van der Waals surface area contributed by atoms with Crippen molar-refractivity contribution in [1.82, 2.24) is 9.88 Å². The third-order valence-corrected chi connectivity index (χ3v) is 5.20. The number of carbonyl (C=O) groups is 1. The Morgan fingerprint density at radius 3 is 2.64 bits per heavy atom. The molecule has 0 spiro atoms. The van der Waals surface area contributed by atoms with Gasteiger partial charge in [-0.3, -0.25) is 4.79 Å². The molecule has 0 unspecified atom stereocenters. The van der Waals surface area contributed by atoms with Crippen LogP contribution in [0.4, 0.5) is 4.39 Å². The van der Waals surface area contributed by atoms with Crippen LogP contribution in [-0.4, -0.2) is 22.3 Å². The molecule has 1 heterocycles. The maximum Gasteiger partial charge on any atom is 0.233 e. The van der Waals surface area contributed by atoms with Crippen LogP contribution in [0, 0.1) is 5.82 Å². The SMILES string of the molecule is CCN(Cc1ccccc1)C(=O)C1(c2c[nH]c3cc(F)ccc23)CC1. The second-order valence-electron chi connectivity index (χ2n) is 6.78. The maximum atomic E-state index is 13.4. The average molecular weight is 336 g/mol. The van der Waals surface area contributed by atoms with Crippen molar-refractivity contribution in [1.29, 1.82) is 0 Å². The molecule has 1 aliphatic rings. The maximum absolute atomic E-state index is 13.4. The fourth-order valence-electron chi connectivity index (χ4n) is 3.65. The van der Waals surface area contributed by atoms with Crippen LogP contribution >= 0.6 is 0 Å². The Morgan fingerprint density at radius 2 is 1.96 bits per heavy atom. The highest BCUT2D eigenvalue weighted by atomic mass is 19.1. The van der Waals surface area contributed by atoms with Crippen molar-refractivity contribution in [2.75, 3.05) is 6.54 Å². The van der Waals surface area contributed by atoms with Crippen LogP contribution < -0.4 is 0 Å². The van der Waals surface area contributed by atoms with E-state index >= 15 is 0 Å². The van der Waals surface area contributed by atoms with E-state index < -0.39 is 5.41 Å². The second kappa shape index (κ2) is 6.03. The van der Waals surface area contributed by atoms with Gasteiger partial charge in [-0.2, -0.15) is 0 Å². The van der Waals surface area contributed by atoms with E-state index in [4.69, 9.17) is 0 Å². The summed E-state index contributed by atoms with van der Waals surface area (Å²) >= 11 is 0. The topological polar surface area (TPSA) is 36.1 Å². The fraction of sp³-hybridized carbons (Fsp3) is 0.286. The summed E-state index contributed by atoms with van der Waals surface area (Å²) in [5.74, 6) is -0.0968. The number of carbonyl (C=O) groups excluding carboxylic acids is 1. The first-order valence-corrected chi connectivity index (χ1v) is 8.74. The Morgan fingerprint density at radius 1 is 1.20 bits per heavy atom. The zero-order chi connectivity index (χ0) is 17.4. The van der Waals surface area contributed by atoms with Crippen LogP contribution in [0.3, 0.4) is 0 Å². The first-order chi connectivity index (χ1) is 12.1. The molecule has 0 atom stereocenters. The first-order valence-electron chi connectivity index (χ1n) is 8.74. The number of nitrogens with one attached hydrogen (secondary N) is 1. The molecule has 1 N–H and O–H groups in total. The van der Waals surface area contributed by atoms with Gasteiger partial charge in [0.1, 0.15) is 5.82 Å². The number of H-pyrrole nitrogens is 1. The van der Waals surface area contributed by atoms with Crippen LogP contribution in [0.5, 0.6) is 0 Å². The summed E-state index contributed by atoms with van der Waals surface area (Å²) in [6, 6.07) is 14.8. The molecule has 0 aliphatic heterocycles. The van der Waals surface area contributed by atoms with Gasteiger partial charge in [0.05, 0.1) is 5.41 Å². The van der Waals surface area contributed by atoms with Gasteiger partial charge in [-0.15, -0.1) is 0 Å². The van der Waals surface area contributed by atoms with Crippen molar-refractivity contribution in [3.05, 3.63) is 71.7 Å². The number of rotatable bonds is 5. The molecule has 1 aromatic heterocycles. The molecule has 25 heavy (non-hydrogen) atoms. The Hall–Kier alpha value is -2.62. The van der Waals surface area contributed by atoms with Gasteiger partial charge in [-0.1, -0.05) is 30.3 Å². The number of likely N-dealkylation sites (N-methyl/N-ethyl adjacent to an activating group) is 1. The van der Waals surface area contributed by atoms with Crippen molar-refractivity contribution < 1.29 is 9.18 Å². The number of fused-ring (bicyclic) bond motifs is 1. The van der Waals surface area contributed by atoms with Gasteiger partial charge in [0, 0.05) is 30.2 Å². The van der Waals surface area contributed by atoms with E-state index in [1.165, 1.54) is 12.1 Å². The molecule has 0 radical (unpaired) electrons. The molecule has 128 valence electrons. The minimum absolute atomic E-state index is 0.170. The van der Waals surface area contributed by atoms with Crippen LogP contribution in [-0.2, 0) is 16.8 Å². The van der Waals surface area contributed by atoms with Crippen LogP contribution in [0.1, 0.15) is 30.9 Å². The molecule has 1 saturated carbocycles. The van der Waals surface area contributed by atoms with E-state index in [1.807, 2.05) is 48.4 Å². The van der Waals surface area contributed by atoms with Gasteiger partial charge in [0.2, 0.25) is 5.91 Å². The molecule has 1 aliphatic carbocycles. The predicted molar refractivity (Wildman–Crippen MR) is 96.7 cm³/mol. The molecule has 4 rings (SSSR count). The number of amides is 1. The Balaban J connectivity index is 1.65. The van der Waals surface area contributed by atoms with Gasteiger partial charge in [-0.25, -0.2) is 4.39 Å². The summed E-state index contributed by atoms with van der Waals surface area (Å²) in [7, 11) is 0. The highest BCUT2D eigenvalue weighted by Gasteiger charge is 2.53. The van der Waals surface area contributed by atoms with Crippen molar-refractivity contribution in [3.8, 4) is 0 Å². The van der Waals surface area contributed by atoms with Gasteiger partial charge < -0.3 is 9.88 Å². The molecule has 0 saturated heterocycles. The Labute approximate surface area is 146 Å². The number of aromatic amines is 1. The van der Waals surface area contributed by atoms with Gasteiger partial charge in [-0.05, 0) is 49.1 Å². The zero-order valence-corrected chi connectivity index (χ0v) is 14.3. The molecule has 1 fully saturated rings. The van der Waals surface area contributed by atoms with Gasteiger partial charge >= 0.3 is 0 Å². The number of benzene rings is 2. The Kier molecular flexibility index (Phi) is 3.83. The number of hydrogen-bond acceptors (Lipinski definition) is 1. The summed E-state index contributed by atoms with van der Waals surface area (Å²) in [5, 5.41) is 0.947. The molecule has 3 aromatic rings. The molecule has 1 amide bonds. The lowest BCUT2D eigenvalue weighted by molar-refractivity contribution is -0.134. The number of hydrogen-bond donors (Lipinski definition) is 1. The van der Waals surface area contributed by atoms with Crippen LogP contribution in [0.25, 0.3) is 10.9 Å². The van der Waals surface area contributed by atoms with E-state index in [9.17, 15) is 9.18 Å². The van der Waals surface area contributed by atoms with E-state index in [-0.39, 0.29) is 11.7 Å². The van der Waals surface area contributed by atoms with E-state index in [0.717, 1.165) is 34.9 Å². The largest absolute Gasteiger partial charge is 0.361 e. The first kappa shape index (κ1) is 15.9. The number of nitrogens with zero attached hydrogens (tertiary/aromatic N) is 1. The van der Waals surface area contributed by atoms with Crippen molar-refractivity contribution in [2.24, 2.45) is 0 Å². The average Bonchev–Trinajstić information content (AvgIpc) is 3.33. The highest BCUT2D eigenvalue weighted by Crippen LogP contribution is 2.51. The third kappa shape index (κ3) is 2.72. The quantitative estimate of drug-likeness (QED) is 0.737. The summed E-state index contributed by atoms with van der Waals surface area (Å²) in [6.07, 6.45) is 3.58. The summed E-state index contributed by atoms with van der Waals surface area (Å²) < 4.78 is 13.4. The normalized spacial score (nSPS) is 15.3. The van der Waals surface area contributed by atoms with E-state index in [2.05, 4.69) is 4.98 Å². The van der Waals surface area contributed by atoms with Gasteiger partial charge in [0.25, 0.3) is 0 Å². The monoisotopic (exact) mass is 336 g/mol. The van der Waals surface area contributed by atoms with Gasteiger partial charge in [0.15, 0.2) is 0 Å². The van der Waals surface area contributed by atoms with Crippen molar-refractivity contribution in [3.63, 3.8) is 0 Å². The summed E-state index contributed by atoms with van der Waals surface area (Å²) in [4.78, 5) is 18.4. The zero-order valence-electron chi connectivity index (χ0n) is 14.3. The number of halogens is 1. The van der Waals surface area contributed by atoms with Crippen LogP contribution in [0.2, 0.25) is 0 Å². The Bertz CT molecular complexity index is 912. The second-order valence-corrected chi connectivity index (χ2v) is 6.78. The molecule has 2 aromatic carbocycles. The highest BCUT2D eigenvalue weighted by molar-refractivity contribution is 5.97. The summed E-state index contributed by atoms with van der Waals surface area (Å²) in [5.41, 5.74) is 2.43. The van der Waals surface area contributed by atoms with Crippen molar-refractivity contribution >= 4 is 16.8 Å². The molecular weight excluding hydrogens is 315 g/mol. The fourth-order valence-corrected chi connectivity index (χ4v) is 3.65. The van der Waals surface area contributed by atoms with Crippen LogP contribution in [0.15, 0.2) is 54.7 Å². The lowest BCUT2D eigenvalue weighted by atomic mass is 9.93. The predicted octanol–water partition coefficient (Wildman–Crippen LogP) is 4.39. The molecule has 0 bridgehead atoms. The lowest BCUT2D eigenvalue weighted by Crippen LogP contribution is -2.38. The third-order valence-electron chi connectivity index (χ3n) is 5.20. The minimum Gasteiger partial charge on any atom is -0.361 e.